The molecular weight excluding hydrogens is 261 g/mol. The topological polar surface area (TPSA) is 37.8 Å². The molecule has 0 saturated carbocycles. The second-order valence-electron chi connectivity index (χ2n) is 2.83. The third kappa shape index (κ3) is 2.50. The first-order valence-corrected chi connectivity index (χ1v) is 5.04. The van der Waals surface area contributed by atoms with Crippen molar-refractivity contribution in [3.8, 4) is 0 Å². The third-order valence-corrected chi connectivity index (χ3v) is 2.35. The van der Waals surface area contributed by atoms with Gasteiger partial charge in [-0.3, -0.25) is 0 Å². The van der Waals surface area contributed by atoms with Crippen LogP contribution in [0.15, 0.2) is 41.1 Å². The van der Waals surface area contributed by atoms with Crippen molar-refractivity contribution in [3.05, 3.63) is 46.9 Å². The van der Waals surface area contributed by atoms with Crippen LogP contribution in [0.4, 0.5) is 16.0 Å². The van der Waals surface area contributed by atoms with E-state index in [9.17, 15) is 4.39 Å². The lowest BCUT2D eigenvalue weighted by Crippen LogP contribution is -1.95. The standard InChI is InChI=1S/C10H7BrFN3/c11-8-6-7(2-3-9(8)12)15-10-13-4-1-5-14-10/h1-6H,(H,13,14,15). The summed E-state index contributed by atoms with van der Waals surface area (Å²) < 4.78 is 13.3. The molecule has 0 aliphatic heterocycles. The highest BCUT2D eigenvalue weighted by atomic mass is 79.9. The van der Waals surface area contributed by atoms with E-state index >= 15 is 0 Å². The summed E-state index contributed by atoms with van der Waals surface area (Å²) >= 11 is 3.10. The van der Waals surface area contributed by atoms with Crippen molar-refractivity contribution < 1.29 is 4.39 Å². The van der Waals surface area contributed by atoms with Gasteiger partial charge in [-0.25, -0.2) is 14.4 Å². The summed E-state index contributed by atoms with van der Waals surface area (Å²) in [7, 11) is 0. The van der Waals surface area contributed by atoms with Gasteiger partial charge in [-0.15, -0.1) is 0 Å². The second-order valence-corrected chi connectivity index (χ2v) is 3.68. The Morgan fingerprint density at radius 3 is 2.60 bits per heavy atom. The Bertz CT molecular complexity index is 461. The van der Waals surface area contributed by atoms with Gasteiger partial charge < -0.3 is 5.32 Å². The van der Waals surface area contributed by atoms with Gasteiger partial charge in [-0.2, -0.15) is 0 Å². The largest absolute Gasteiger partial charge is 0.324 e. The molecule has 2 rings (SSSR count). The molecule has 0 unspecified atom stereocenters. The van der Waals surface area contributed by atoms with Crippen LogP contribution in [0.1, 0.15) is 0 Å². The number of halogens is 2. The lowest BCUT2D eigenvalue weighted by atomic mass is 10.3. The molecule has 3 nitrogen and oxygen atoms in total. The molecule has 0 bridgehead atoms. The number of rotatable bonds is 2. The molecule has 0 saturated heterocycles. The van der Waals surface area contributed by atoms with Gasteiger partial charge in [0, 0.05) is 18.1 Å². The number of anilines is 2. The predicted octanol–water partition coefficient (Wildman–Crippen LogP) is 3.12. The van der Waals surface area contributed by atoms with E-state index in [1.807, 2.05) is 0 Å². The molecule has 0 aliphatic carbocycles. The molecule has 76 valence electrons. The van der Waals surface area contributed by atoms with Crippen LogP contribution in [0.5, 0.6) is 0 Å². The average Bonchev–Trinajstić information content (AvgIpc) is 2.25. The number of aromatic nitrogens is 2. The van der Waals surface area contributed by atoms with Crippen LogP contribution in [-0.4, -0.2) is 9.97 Å². The van der Waals surface area contributed by atoms with Crippen molar-refractivity contribution >= 4 is 27.6 Å². The van der Waals surface area contributed by atoms with Crippen LogP contribution >= 0.6 is 15.9 Å². The number of hydrogen-bond acceptors (Lipinski definition) is 3. The monoisotopic (exact) mass is 267 g/mol. The zero-order valence-electron chi connectivity index (χ0n) is 7.61. The van der Waals surface area contributed by atoms with Crippen LogP contribution in [0, 0.1) is 5.82 Å². The fourth-order valence-corrected chi connectivity index (χ4v) is 1.45. The summed E-state index contributed by atoms with van der Waals surface area (Å²) in [4.78, 5) is 7.99. The molecule has 0 radical (unpaired) electrons. The first-order chi connectivity index (χ1) is 7.25. The number of benzene rings is 1. The van der Waals surface area contributed by atoms with Gasteiger partial charge in [0.25, 0.3) is 0 Å². The third-order valence-electron chi connectivity index (χ3n) is 1.74. The SMILES string of the molecule is Fc1ccc(Nc2ncccn2)cc1Br. The Kier molecular flexibility index (Phi) is 2.91. The van der Waals surface area contributed by atoms with Gasteiger partial charge in [0.2, 0.25) is 5.95 Å². The highest BCUT2D eigenvalue weighted by Gasteiger charge is 2.01. The molecule has 0 atom stereocenters. The fraction of sp³-hybridized carbons (Fsp3) is 0. The molecular formula is C10H7BrFN3. The lowest BCUT2D eigenvalue weighted by molar-refractivity contribution is 0.621. The van der Waals surface area contributed by atoms with E-state index in [-0.39, 0.29) is 5.82 Å². The summed E-state index contributed by atoms with van der Waals surface area (Å²) in [6, 6.07) is 6.35. The fourth-order valence-electron chi connectivity index (χ4n) is 1.07. The molecule has 0 amide bonds. The number of nitrogens with zero attached hydrogens (tertiary/aromatic N) is 2. The zero-order valence-corrected chi connectivity index (χ0v) is 9.20. The van der Waals surface area contributed by atoms with Crippen LogP contribution in [0.25, 0.3) is 0 Å². The van der Waals surface area contributed by atoms with Crippen LogP contribution in [0.2, 0.25) is 0 Å². The van der Waals surface area contributed by atoms with Gasteiger partial charge in [0.15, 0.2) is 0 Å². The summed E-state index contributed by atoms with van der Waals surface area (Å²) in [5.74, 6) is 0.186. The maximum Gasteiger partial charge on any atom is 0.227 e. The highest BCUT2D eigenvalue weighted by molar-refractivity contribution is 9.10. The minimum atomic E-state index is -0.297. The predicted molar refractivity (Wildman–Crippen MR) is 59.4 cm³/mol. The Morgan fingerprint density at radius 2 is 1.93 bits per heavy atom. The van der Waals surface area contributed by atoms with Gasteiger partial charge in [-0.05, 0) is 40.2 Å². The molecule has 1 N–H and O–H groups in total. The van der Waals surface area contributed by atoms with Gasteiger partial charge in [0.1, 0.15) is 5.82 Å². The number of hydrogen-bond donors (Lipinski definition) is 1. The minimum absolute atomic E-state index is 0.297. The van der Waals surface area contributed by atoms with Crippen molar-refractivity contribution in [2.75, 3.05) is 5.32 Å². The van der Waals surface area contributed by atoms with Crippen molar-refractivity contribution in [3.63, 3.8) is 0 Å². The Labute approximate surface area is 94.5 Å². The van der Waals surface area contributed by atoms with E-state index in [4.69, 9.17) is 0 Å². The molecule has 0 fully saturated rings. The molecule has 2 aromatic rings. The van der Waals surface area contributed by atoms with Crippen LogP contribution in [0.3, 0.4) is 0 Å². The minimum Gasteiger partial charge on any atom is -0.324 e. The molecule has 0 spiro atoms. The zero-order chi connectivity index (χ0) is 10.7. The van der Waals surface area contributed by atoms with Crippen LogP contribution < -0.4 is 5.32 Å². The van der Waals surface area contributed by atoms with E-state index in [1.54, 1.807) is 30.6 Å². The summed E-state index contributed by atoms with van der Waals surface area (Å²) in [5.41, 5.74) is 0.731. The normalized spacial score (nSPS) is 10.0. The van der Waals surface area contributed by atoms with E-state index in [1.165, 1.54) is 6.07 Å². The van der Waals surface area contributed by atoms with Crippen molar-refractivity contribution in [2.24, 2.45) is 0 Å². The highest BCUT2D eigenvalue weighted by Crippen LogP contribution is 2.21. The van der Waals surface area contributed by atoms with Crippen molar-refractivity contribution in [1.82, 2.24) is 9.97 Å². The smallest absolute Gasteiger partial charge is 0.227 e. The first kappa shape index (κ1) is 10.0. The molecule has 1 aromatic heterocycles. The van der Waals surface area contributed by atoms with E-state index in [0.29, 0.717) is 10.4 Å². The van der Waals surface area contributed by atoms with Crippen molar-refractivity contribution in [2.45, 2.75) is 0 Å². The summed E-state index contributed by atoms with van der Waals surface area (Å²) in [5, 5.41) is 2.95. The average molecular weight is 268 g/mol. The Morgan fingerprint density at radius 1 is 1.20 bits per heavy atom. The van der Waals surface area contributed by atoms with Gasteiger partial charge in [0.05, 0.1) is 4.47 Å². The second kappa shape index (κ2) is 4.35. The van der Waals surface area contributed by atoms with Crippen molar-refractivity contribution in [1.29, 1.82) is 0 Å². The Hall–Kier alpha value is -1.49. The summed E-state index contributed by atoms with van der Waals surface area (Å²) in [6.45, 7) is 0. The first-order valence-electron chi connectivity index (χ1n) is 4.25. The van der Waals surface area contributed by atoms with E-state index in [2.05, 4.69) is 31.2 Å². The van der Waals surface area contributed by atoms with Gasteiger partial charge >= 0.3 is 0 Å². The van der Waals surface area contributed by atoms with E-state index in [0.717, 1.165) is 5.69 Å². The Balaban J connectivity index is 2.22. The van der Waals surface area contributed by atoms with Crippen LogP contribution in [-0.2, 0) is 0 Å². The molecule has 5 heteroatoms. The van der Waals surface area contributed by atoms with E-state index < -0.39 is 0 Å². The van der Waals surface area contributed by atoms with Gasteiger partial charge in [-0.1, -0.05) is 0 Å². The molecule has 1 aromatic carbocycles. The maximum absolute atomic E-state index is 12.9. The molecule has 0 aliphatic rings. The molecule has 1 heterocycles. The number of nitrogens with one attached hydrogen (secondary N) is 1. The quantitative estimate of drug-likeness (QED) is 0.909. The summed E-state index contributed by atoms with van der Waals surface area (Å²) in [6.07, 6.45) is 3.27. The molecule has 15 heavy (non-hydrogen) atoms. The maximum atomic E-state index is 12.9. The lowest BCUT2D eigenvalue weighted by Gasteiger charge is -2.04.